The van der Waals surface area contributed by atoms with Crippen LogP contribution in [0.15, 0.2) is 66.7 Å². The topological polar surface area (TPSA) is 168 Å². The summed E-state index contributed by atoms with van der Waals surface area (Å²) in [7, 11) is 1.13. The standard InChI is InChI=1S/2C14H9Cl2NO5/c1-21-14(18)10-7-9(3-4-12(10)17(19)20)22-13-5-2-8(15)6-11(13)16;1-7-4-9(6-10(14(18)19)13(7)17(20)21)22-12-3-2-8(15)5-11(12)16/h2-7H,1H3;2-6H,1H3,(H,18,19). The van der Waals surface area contributed by atoms with Gasteiger partial charge >= 0.3 is 11.9 Å². The lowest BCUT2D eigenvalue weighted by Gasteiger charge is -2.10. The van der Waals surface area contributed by atoms with E-state index in [0.29, 0.717) is 15.8 Å². The van der Waals surface area contributed by atoms with Crippen LogP contribution in [0.2, 0.25) is 20.1 Å². The summed E-state index contributed by atoms with van der Waals surface area (Å²) < 4.78 is 15.5. The third kappa shape index (κ3) is 8.48. The number of rotatable bonds is 8. The highest BCUT2D eigenvalue weighted by atomic mass is 35.5. The number of nitrogens with zero attached hydrogens (tertiary/aromatic N) is 2. The summed E-state index contributed by atoms with van der Waals surface area (Å²) in [5, 5.41) is 32.4. The third-order valence-corrected chi connectivity index (χ3v) is 6.56. The summed E-state index contributed by atoms with van der Waals surface area (Å²) in [5.41, 5.74) is -1.34. The zero-order valence-corrected chi connectivity index (χ0v) is 25.4. The van der Waals surface area contributed by atoms with Crippen molar-refractivity contribution < 1.29 is 38.8 Å². The molecule has 16 heteroatoms. The minimum atomic E-state index is -1.41. The van der Waals surface area contributed by atoms with Crippen LogP contribution in [0.5, 0.6) is 23.0 Å². The van der Waals surface area contributed by atoms with Crippen LogP contribution < -0.4 is 9.47 Å². The summed E-state index contributed by atoms with van der Waals surface area (Å²) in [6.45, 7) is 1.43. The first-order valence-corrected chi connectivity index (χ1v) is 13.4. The average Bonchev–Trinajstić information content (AvgIpc) is 2.95. The highest BCUT2D eigenvalue weighted by molar-refractivity contribution is 6.36. The number of hydrogen-bond donors (Lipinski definition) is 1. The fourth-order valence-electron chi connectivity index (χ4n) is 3.59. The highest BCUT2D eigenvalue weighted by Crippen LogP contribution is 2.36. The predicted octanol–water partition coefficient (Wildman–Crippen LogP) is 9.18. The van der Waals surface area contributed by atoms with Gasteiger partial charge in [-0.2, -0.15) is 0 Å². The molecule has 0 aromatic heterocycles. The average molecular weight is 684 g/mol. The van der Waals surface area contributed by atoms with Crippen LogP contribution in [0.4, 0.5) is 11.4 Å². The Kier molecular flexibility index (Phi) is 11.3. The quantitative estimate of drug-likeness (QED) is 0.107. The van der Waals surface area contributed by atoms with Crippen molar-refractivity contribution in [2.24, 2.45) is 0 Å². The van der Waals surface area contributed by atoms with Crippen LogP contribution in [-0.2, 0) is 4.74 Å². The molecule has 4 rings (SSSR count). The van der Waals surface area contributed by atoms with Crippen molar-refractivity contribution in [2.75, 3.05) is 7.11 Å². The van der Waals surface area contributed by atoms with Gasteiger partial charge in [-0.1, -0.05) is 46.4 Å². The van der Waals surface area contributed by atoms with Gasteiger partial charge in [0.25, 0.3) is 11.4 Å². The summed E-state index contributed by atoms with van der Waals surface area (Å²) in [5.74, 6) is -1.35. The summed E-state index contributed by atoms with van der Waals surface area (Å²) in [6, 6.07) is 15.3. The molecule has 0 aliphatic heterocycles. The van der Waals surface area contributed by atoms with Gasteiger partial charge in [-0.05, 0) is 55.5 Å². The fourth-order valence-corrected chi connectivity index (χ4v) is 4.49. The van der Waals surface area contributed by atoms with E-state index in [1.165, 1.54) is 43.3 Å². The Labute approximate surface area is 268 Å². The van der Waals surface area contributed by atoms with Gasteiger partial charge in [0, 0.05) is 33.8 Å². The Morgan fingerprint density at radius 3 is 1.70 bits per heavy atom. The first kappa shape index (κ1) is 33.9. The van der Waals surface area contributed by atoms with Crippen molar-refractivity contribution in [3.05, 3.63) is 124 Å². The summed E-state index contributed by atoms with van der Waals surface area (Å²) in [6.07, 6.45) is 0. The van der Waals surface area contributed by atoms with Crippen LogP contribution in [0.3, 0.4) is 0 Å². The molecule has 4 aromatic rings. The normalized spacial score (nSPS) is 10.2. The molecule has 0 radical (unpaired) electrons. The molecule has 0 unspecified atom stereocenters. The second-order valence-electron chi connectivity index (χ2n) is 8.48. The molecule has 0 bridgehead atoms. The number of halogens is 4. The van der Waals surface area contributed by atoms with Crippen molar-refractivity contribution in [1.29, 1.82) is 0 Å². The Hall–Kier alpha value is -4.62. The first-order chi connectivity index (χ1) is 20.7. The number of hydrogen-bond acceptors (Lipinski definition) is 9. The van der Waals surface area contributed by atoms with Gasteiger partial charge in [0.2, 0.25) is 0 Å². The highest BCUT2D eigenvalue weighted by Gasteiger charge is 2.25. The SMILES string of the molecule is COC(=O)c1cc(Oc2ccc(Cl)cc2Cl)ccc1[N+](=O)[O-].Cc1cc(Oc2ccc(Cl)cc2Cl)cc(C(=O)O)c1[N+](=O)[O-]. The molecule has 12 nitrogen and oxygen atoms in total. The molecule has 0 aliphatic carbocycles. The van der Waals surface area contributed by atoms with E-state index < -0.39 is 33.0 Å². The maximum Gasteiger partial charge on any atom is 0.345 e. The number of carboxylic acid groups (broad SMARTS) is 1. The minimum absolute atomic E-state index is 0.129. The molecule has 4 aromatic carbocycles. The molecular weight excluding hydrogens is 666 g/mol. The monoisotopic (exact) mass is 682 g/mol. The molecule has 0 atom stereocenters. The lowest BCUT2D eigenvalue weighted by Crippen LogP contribution is -2.05. The van der Waals surface area contributed by atoms with Crippen LogP contribution in [0, 0.1) is 27.2 Å². The lowest BCUT2D eigenvalue weighted by molar-refractivity contribution is -0.385. The largest absolute Gasteiger partial charge is 0.477 e. The maximum absolute atomic E-state index is 11.6. The van der Waals surface area contributed by atoms with E-state index in [0.717, 1.165) is 19.2 Å². The van der Waals surface area contributed by atoms with Gasteiger partial charge in [-0.15, -0.1) is 0 Å². The van der Waals surface area contributed by atoms with Crippen LogP contribution in [0.1, 0.15) is 26.3 Å². The number of benzene rings is 4. The molecule has 0 spiro atoms. The van der Waals surface area contributed by atoms with Crippen molar-refractivity contribution in [3.63, 3.8) is 0 Å². The number of carbonyl (C=O) groups excluding carboxylic acids is 1. The number of nitro groups is 2. The first-order valence-electron chi connectivity index (χ1n) is 11.9. The third-order valence-electron chi connectivity index (χ3n) is 5.50. The smallest absolute Gasteiger partial charge is 0.345 e. The number of carbonyl (C=O) groups is 2. The van der Waals surface area contributed by atoms with E-state index >= 15 is 0 Å². The van der Waals surface area contributed by atoms with Crippen molar-refractivity contribution in [2.45, 2.75) is 6.92 Å². The Bertz CT molecular complexity index is 1780. The molecular formula is C28H18Cl4N2O10. The van der Waals surface area contributed by atoms with E-state index in [2.05, 4.69) is 4.74 Å². The van der Waals surface area contributed by atoms with E-state index in [9.17, 15) is 29.8 Å². The van der Waals surface area contributed by atoms with Gasteiger partial charge < -0.3 is 19.3 Å². The number of methoxy groups -OCH3 is 1. The number of esters is 1. The second-order valence-corrected chi connectivity index (χ2v) is 10.2. The Morgan fingerprint density at radius 1 is 0.727 bits per heavy atom. The fraction of sp³-hybridized carbons (Fsp3) is 0.0714. The van der Waals surface area contributed by atoms with Gasteiger partial charge in [0.15, 0.2) is 0 Å². The number of nitro benzene ring substituents is 2. The number of carboxylic acids is 1. The van der Waals surface area contributed by atoms with E-state index in [-0.39, 0.29) is 44.1 Å². The molecule has 0 saturated carbocycles. The van der Waals surface area contributed by atoms with E-state index in [4.69, 9.17) is 61.0 Å². The second kappa shape index (κ2) is 14.7. The number of aryl methyl sites for hydroxylation is 1. The number of aromatic carboxylic acids is 1. The van der Waals surface area contributed by atoms with E-state index in [1.54, 1.807) is 18.2 Å². The van der Waals surface area contributed by atoms with Gasteiger partial charge in [-0.3, -0.25) is 20.2 Å². The van der Waals surface area contributed by atoms with Crippen LogP contribution in [-0.4, -0.2) is 34.0 Å². The minimum Gasteiger partial charge on any atom is -0.477 e. The Balaban J connectivity index is 0.000000240. The molecule has 0 amide bonds. The lowest BCUT2D eigenvalue weighted by atomic mass is 10.1. The van der Waals surface area contributed by atoms with Crippen LogP contribution in [0.25, 0.3) is 0 Å². The van der Waals surface area contributed by atoms with Crippen molar-refractivity contribution >= 4 is 69.7 Å². The van der Waals surface area contributed by atoms with Gasteiger partial charge in [-0.25, -0.2) is 9.59 Å². The summed E-state index contributed by atoms with van der Waals surface area (Å²) in [4.78, 5) is 43.3. The molecule has 0 saturated heterocycles. The molecule has 44 heavy (non-hydrogen) atoms. The van der Waals surface area contributed by atoms with Crippen LogP contribution >= 0.6 is 46.4 Å². The molecule has 1 N–H and O–H groups in total. The molecule has 0 fully saturated rings. The van der Waals surface area contributed by atoms with Crippen molar-refractivity contribution in [3.8, 4) is 23.0 Å². The molecule has 0 heterocycles. The Morgan fingerprint density at radius 2 is 1.25 bits per heavy atom. The molecule has 0 aliphatic rings. The van der Waals surface area contributed by atoms with Crippen molar-refractivity contribution in [1.82, 2.24) is 0 Å². The maximum atomic E-state index is 11.6. The predicted molar refractivity (Wildman–Crippen MR) is 162 cm³/mol. The number of ether oxygens (including phenoxy) is 3. The zero-order chi connectivity index (χ0) is 32.7. The van der Waals surface area contributed by atoms with E-state index in [1.807, 2.05) is 0 Å². The van der Waals surface area contributed by atoms with Gasteiger partial charge in [0.1, 0.15) is 34.1 Å². The zero-order valence-electron chi connectivity index (χ0n) is 22.4. The summed E-state index contributed by atoms with van der Waals surface area (Å²) >= 11 is 23.5. The van der Waals surface area contributed by atoms with Gasteiger partial charge in [0.05, 0.1) is 27.0 Å². The molecule has 228 valence electrons.